The average Bonchev–Trinajstić information content (AvgIpc) is 2.38. The van der Waals surface area contributed by atoms with Crippen molar-refractivity contribution in [3.05, 3.63) is 24.3 Å². The number of benzene rings is 1. The van der Waals surface area contributed by atoms with Crippen LogP contribution in [0.4, 0.5) is 5.69 Å². The molecule has 0 aromatic heterocycles. The summed E-state index contributed by atoms with van der Waals surface area (Å²) in [7, 11) is 0. The molecule has 0 unspecified atom stereocenters. The second-order valence-corrected chi connectivity index (χ2v) is 3.90. The topological polar surface area (TPSA) is 64.6 Å². The van der Waals surface area contributed by atoms with Crippen molar-refractivity contribution in [1.82, 2.24) is 0 Å². The van der Waals surface area contributed by atoms with E-state index in [2.05, 4.69) is 5.32 Å². The second kappa shape index (κ2) is 8.13. The predicted octanol–water partition coefficient (Wildman–Crippen LogP) is 2.37. The first-order chi connectivity index (χ1) is 9.15. The van der Waals surface area contributed by atoms with E-state index in [1.54, 1.807) is 31.2 Å². The molecule has 1 aromatic rings. The number of carbonyl (C=O) groups is 2. The monoisotopic (exact) mass is 265 g/mol. The first-order valence-electron chi connectivity index (χ1n) is 6.34. The van der Waals surface area contributed by atoms with Gasteiger partial charge in [-0.25, -0.2) is 0 Å². The van der Waals surface area contributed by atoms with Gasteiger partial charge in [-0.1, -0.05) is 6.92 Å². The van der Waals surface area contributed by atoms with Crippen molar-refractivity contribution in [3.8, 4) is 5.75 Å². The number of esters is 1. The maximum absolute atomic E-state index is 11.5. The summed E-state index contributed by atoms with van der Waals surface area (Å²) in [5.41, 5.74) is 0.623. The number of rotatable bonds is 7. The van der Waals surface area contributed by atoms with E-state index < -0.39 is 5.97 Å². The zero-order valence-corrected chi connectivity index (χ0v) is 11.3. The largest absolute Gasteiger partial charge is 0.494 e. The second-order valence-electron chi connectivity index (χ2n) is 3.90. The molecule has 0 saturated heterocycles. The molecule has 0 heterocycles. The van der Waals surface area contributed by atoms with Gasteiger partial charge in [0, 0.05) is 5.69 Å². The van der Waals surface area contributed by atoms with Crippen LogP contribution in [0, 0.1) is 0 Å². The molecule has 1 aromatic carbocycles. The van der Waals surface area contributed by atoms with Crippen LogP contribution in [0.25, 0.3) is 0 Å². The highest BCUT2D eigenvalue weighted by atomic mass is 16.5. The van der Waals surface area contributed by atoms with E-state index >= 15 is 0 Å². The number of anilines is 1. The molecule has 0 spiro atoms. The van der Waals surface area contributed by atoms with Gasteiger partial charge in [0.1, 0.15) is 12.2 Å². The number of amides is 1. The Bertz CT molecular complexity index is 414. The minimum Gasteiger partial charge on any atom is -0.494 e. The number of carbonyl (C=O) groups excluding carboxylic acids is 2. The van der Waals surface area contributed by atoms with E-state index in [9.17, 15) is 9.59 Å². The van der Waals surface area contributed by atoms with Crippen molar-refractivity contribution in [3.63, 3.8) is 0 Å². The molecule has 0 fully saturated rings. The van der Waals surface area contributed by atoms with Crippen LogP contribution >= 0.6 is 0 Å². The number of hydrogen-bond acceptors (Lipinski definition) is 4. The Morgan fingerprint density at radius 3 is 2.42 bits per heavy atom. The zero-order chi connectivity index (χ0) is 14.1. The highest BCUT2D eigenvalue weighted by Gasteiger charge is 2.10. The third-order valence-corrected chi connectivity index (χ3v) is 2.22. The third kappa shape index (κ3) is 5.90. The van der Waals surface area contributed by atoms with Gasteiger partial charge in [0.05, 0.1) is 13.2 Å². The molecule has 1 rings (SSSR count). The van der Waals surface area contributed by atoms with Crippen LogP contribution in [0.5, 0.6) is 5.75 Å². The molecule has 5 nitrogen and oxygen atoms in total. The minimum absolute atomic E-state index is 0.273. The Labute approximate surface area is 112 Å². The van der Waals surface area contributed by atoms with Gasteiger partial charge in [-0.05, 0) is 37.6 Å². The fourth-order valence-corrected chi connectivity index (χ4v) is 1.40. The zero-order valence-electron chi connectivity index (χ0n) is 11.3. The SMILES string of the molecule is CCCOc1ccc(NC(=O)CC(=O)OCC)cc1. The molecule has 1 N–H and O–H groups in total. The summed E-state index contributed by atoms with van der Waals surface area (Å²) in [6.07, 6.45) is 0.667. The van der Waals surface area contributed by atoms with Crippen LogP contribution in [-0.2, 0) is 14.3 Å². The summed E-state index contributed by atoms with van der Waals surface area (Å²) in [6.45, 7) is 4.67. The standard InChI is InChI=1S/C14H19NO4/c1-3-9-19-12-7-5-11(6-8-12)15-13(16)10-14(17)18-4-2/h5-8H,3-4,9-10H2,1-2H3,(H,15,16). The Balaban J connectivity index is 2.44. The summed E-state index contributed by atoms with van der Waals surface area (Å²) < 4.78 is 10.1. The average molecular weight is 265 g/mol. The lowest BCUT2D eigenvalue weighted by atomic mass is 10.3. The first kappa shape index (κ1) is 15.0. The molecule has 0 radical (unpaired) electrons. The summed E-state index contributed by atoms with van der Waals surface area (Å²) in [5.74, 6) is -0.159. The maximum Gasteiger partial charge on any atom is 0.315 e. The van der Waals surface area contributed by atoms with Gasteiger partial charge in [-0.15, -0.1) is 0 Å². The van der Waals surface area contributed by atoms with E-state index in [1.807, 2.05) is 6.92 Å². The molecular formula is C14H19NO4. The molecular weight excluding hydrogens is 246 g/mol. The Morgan fingerprint density at radius 1 is 1.16 bits per heavy atom. The van der Waals surface area contributed by atoms with Crippen LogP contribution in [0.2, 0.25) is 0 Å². The summed E-state index contributed by atoms with van der Waals surface area (Å²) in [6, 6.07) is 7.01. The molecule has 0 aliphatic carbocycles. The molecule has 0 saturated carbocycles. The van der Waals surface area contributed by atoms with Crippen molar-refractivity contribution in [2.75, 3.05) is 18.5 Å². The Hall–Kier alpha value is -2.04. The van der Waals surface area contributed by atoms with E-state index in [-0.39, 0.29) is 18.9 Å². The van der Waals surface area contributed by atoms with E-state index in [0.29, 0.717) is 12.3 Å². The smallest absolute Gasteiger partial charge is 0.315 e. The van der Waals surface area contributed by atoms with Gasteiger partial charge in [0.2, 0.25) is 5.91 Å². The molecule has 104 valence electrons. The van der Waals surface area contributed by atoms with Crippen LogP contribution in [-0.4, -0.2) is 25.1 Å². The highest BCUT2D eigenvalue weighted by molar-refractivity contribution is 6.01. The maximum atomic E-state index is 11.5. The molecule has 0 bridgehead atoms. The van der Waals surface area contributed by atoms with Crippen LogP contribution < -0.4 is 10.1 Å². The van der Waals surface area contributed by atoms with Crippen LogP contribution in [0.3, 0.4) is 0 Å². The fraction of sp³-hybridized carbons (Fsp3) is 0.429. The van der Waals surface area contributed by atoms with Crippen molar-refractivity contribution in [2.24, 2.45) is 0 Å². The predicted molar refractivity (Wildman–Crippen MR) is 72.1 cm³/mol. The van der Waals surface area contributed by atoms with Gasteiger partial charge in [-0.3, -0.25) is 9.59 Å². The van der Waals surface area contributed by atoms with Gasteiger partial charge < -0.3 is 14.8 Å². The lowest BCUT2D eigenvalue weighted by Crippen LogP contribution is -2.18. The Kier molecular flexibility index (Phi) is 6.43. The lowest BCUT2D eigenvalue weighted by molar-refractivity contribution is -0.145. The highest BCUT2D eigenvalue weighted by Crippen LogP contribution is 2.16. The van der Waals surface area contributed by atoms with Gasteiger partial charge in [-0.2, -0.15) is 0 Å². The van der Waals surface area contributed by atoms with Gasteiger partial charge in [0.25, 0.3) is 0 Å². The lowest BCUT2D eigenvalue weighted by Gasteiger charge is -2.07. The van der Waals surface area contributed by atoms with Crippen molar-refractivity contribution in [2.45, 2.75) is 26.7 Å². The molecule has 5 heteroatoms. The number of hydrogen-bond donors (Lipinski definition) is 1. The first-order valence-corrected chi connectivity index (χ1v) is 6.34. The molecule has 19 heavy (non-hydrogen) atoms. The number of ether oxygens (including phenoxy) is 2. The van der Waals surface area contributed by atoms with Crippen molar-refractivity contribution >= 4 is 17.6 Å². The summed E-state index contributed by atoms with van der Waals surface area (Å²) in [5, 5.41) is 2.62. The summed E-state index contributed by atoms with van der Waals surface area (Å²) in [4.78, 5) is 22.6. The normalized spacial score (nSPS) is 9.79. The number of nitrogens with one attached hydrogen (secondary N) is 1. The molecule has 1 amide bonds. The van der Waals surface area contributed by atoms with Crippen molar-refractivity contribution in [1.29, 1.82) is 0 Å². The van der Waals surface area contributed by atoms with Gasteiger partial charge in [0.15, 0.2) is 0 Å². The third-order valence-electron chi connectivity index (χ3n) is 2.22. The van der Waals surface area contributed by atoms with E-state index in [4.69, 9.17) is 9.47 Å². The minimum atomic E-state index is -0.525. The molecule has 0 aliphatic rings. The van der Waals surface area contributed by atoms with Crippen LogP contribution in [0.15, 0.2) is 24.3 Å². The molecule has 0 aliphatic heterocycles. The Morgan fingerprint density at radius 2 is 1.84 bits per heavy atom. The quantitative estimate of drug-likeness (QED) is 0.607. The van der Waals surface area contributed by atoms with E-state index in [0.717, 1.165) is 12.2 Å². The van der Waals surface area contributed by atoms with Crippen LogP contribution in [0.1, 0.15) is 26.7 Å². The molecule has 0 atom stereocenters. The van der Waals surface area contributed by atoms with Crippen molar-refractivity contribution < 1.29 is 19.1 Å². The van der Waals surface area contributed by atoms with Gasteiger partial charge >= 0.3 is 5.97 Å². The fourth-order valence-electron chi connectivity index (χ4n) is 1.40. The summed E-state index contributed by atoms with van der Waals surface area (Å²) >= 11 is 0. The van der Waals surface area contributed by atoms with E-state index in [1.165, 1.54) is 0 Å².